The lowest BCUT2D eigenvalue weighted by Crippen LogP contribution is -2.52. The minimum Gasteiger partial charge on any atom is -0.508 e. The highest BCUT2D eigenvalue weighted by Crippen LogP contribution is 2.47. The average molecular weight is 390 g/mol. The molecule has 2 nitrogen and oxygen atoms in total. The topological polar surface area (TPSA) is 23.5 Å². The molecule has 2 fully saturated rings. The number of hydrogen-bond donors (Lipinski definition) is 1. The highest BCUT2D eigenvalue weighted by atomic mass is 35.5. The van der Waals surface area contributed by atoms with Crippen LogP contribution >= 0.6 is 23.2 Å². The van der Waals surface area contributed by atoms with Crippen LogP contribution in [-0.2, 0) is 11.8 Å². The van der Waals surface area contributed by atoms with Gasteiger partial charge in [0.2, 0.25) is 0 Å². The minimum absolute atomic E-state index is 0.246. The van der Waals surface area contributed by atoms with Gasteiger partial charge in [-0.1, -0.05) is 47.8 Å². The van der Waals surface area contributed by atoms with E-state index in [-0.39, 0.29) is 5.41 Å². The Hall–Kier alpha value is -1.22. The highest BCUT2D eigenvalue weighted by molar-refractivity contribution is 6.35. The lowest BCUT2D eigenvalue weighted by atomic mass is 9.63. The average Bonchev–Trinajstić information content (AvgIpc) is 2.63. The summed E-state index contributed by atoms with van der Waals surface area (Å²) < 4.78 is 0. The van der Waals surface area contributed by atoms with E-state index in [0.29, 0.717) is 16.8 Å². The van der Waals surface area contributed by atoms with Gasteiger partial charge >= 0.3 is 0 Å². The molecular formula is C22H25Cl2NO. The van der Waals surface area contributed by atoms with Crippen LogP contribution in [-0.4, -0.2) is 29.1 Å². The number of halogens is 2. The van der Waals surface area contributed by atoms with Crippen molar-refractivity contribution in [3.8, 4) is 5.75 Å². The zero-order chi connectivity index (χ0) is 18.1. The third-order valence-corrected chi connectivity index (χ3v) is 6.94. The Balaban J connectivity index is 1.46. The number of likely N-dealkylation sites (tertiary alicyclic amines) is 1. The molecule has 2 aromatic rings. The summed E-state index contributed by atoms with van der Waals surface area (Å²) in [7, 11) is 0. The maximum atomic E-state index is 9.91. The summed E-state index contributed by atoms with van der Waals surface area (Å²) in [6.45, 7) is 2.16. The van der Waals surface area contributed by atoms with Gasteiger partial charge in [-0.2, -0.15) is 0 Å². The number of rotatable bonds is 4. The molecule has 26 heavy (non-hydrogen) atoms. The molecule has 2 aliphatic rings. The summed E-state index contributed by atoms with van der Waals surface area (Å²) in [6.07, 6.45) is 7.11. The smallest absolute Gasteiger partial charge is 0.115 e. The van der Waals surface area contributed by atoms with Crippen molar-refractivity contribution in [2.75, 3.05) is 13.1 Å². The van der Waals surface area contributed by atoms with E-state index in [0.717, 1.165) is 24.5 Å². The summed E-state index contributed by atoms with van der Waals surface area (Å²) in [5.41, 5.74) is 2.75. The third kappa shape index (κ3) is 3.60. The molecule has 138 valence electrons. The summed E-state index contributed by atoms with van der Waals surface area (Å²) in [5.74, 6) is 0.388. The SMILES string of the molecule is Oc1cccc([C@]23CCC[C@H](C2)N(CCc2ccc(Cl)cc2Cl)CC3)c1. The summed E-state index contributed by atoms with van der Waals surface area (Å²) in [4.78, 5) is 2.64. The number of nitrogens with zero attached hydrogens (tertiary/aromatic N) is 1. The van der Waals surface area contributed by atoms with Crippen molar-refractivity contribution >= 4 is 23.2 Å². The summed E-state index contributed by atoms with van der Waals surface area (Å²) >= 11 is 12.3. The second-order valence-electron chi connectivity index (χ2n) is 7.85. The summed E-state index contributed by atoms with van der Waals surface area (Å²) in [6, 6.07) is 14.4. The van der Waals surface area contributed by atoms with Crippen molar-refractivity contribution in [1.82, 2.24) is 4.90 Å². The molecule has 4 heteroatoms. The molecule has 1 aliphatic heterocycles. The second kappa shape index (κ2) is 7.42. The van der Waals surface area contributed by atoms with Crippen molar-refractivity contribution in [3.05, 3.63) is 63.6 Å². The fraction of sp³-hybridized carbons (Fsp3) is 0.455. The van der Waals surface area contributed by atoms with Crippen LogP contribution < -0.4 is 0 Å². The molecule has 2 aromatic carbocycles. The number of aromatic hydroxyl groups is 1. The Morgan fingerprint density at radius 2 is 2.00 bits per heavy atom. The van der Waals surface area contributed by atoms with E-state index in [9.17, 15) is 5.11 Å². The van der Waals surface area contributed by atoms with E-state index in [4.69, 9.17) is 23.2 Å². The van der Waals surface area contributed by atoms with Gasteiger partial charge in [0.05, 0.1) is 0 Å². The molecule has 1 aliphatic carbocycles. The zero-order valence-corrected chi connectivity index (χ0v) is 16.4. The number of benzene rings is 2. The van der Waals surface area contributed by atoms with Crippen LogP contribution in [0.25, 0.3) is 0 Å². The molecule has 1 N–H and O–H groups in total. The Kier molecular flexibility index (Phi) is 5.18. The molecule has 2 bridgehead atoms. The van der Waals surface area contributed by atoms with E-state index in [1.807, 2.05) is 30.3 Å². The largest absolute Gasteiger partial charge is 0.508 e. The molecule has 2 atom stereocenters. The molecular weight excluding hydrogens is 365 g/mol. The minimum atomic E-state index is 0.246. The van der Waals surface area contributed by atoms with Crippen LogP contribution in [0.15, 0.2) is 42.5 Å². The fourth-order valence-corrected chi connectivity index (χ4v) is 5.44. The van der Waals surface area contributed by atoms with Crippen LogP contribution in [0.1, 0.15) is 43.2 Å². The van der Waals surface area contributed by atoms with Crippen LogP contribution in [0, 0.1) is 0 Å². The standard InChI is InChI=1S/C22H25Cl2NO/c23-18-7-6-16(21(24)14-18)8-11-25-12-10-22(9-2-4-19(25)15-22)17-3-1-5-20(26)13-17/h1,3,5-7,13-14,19,26H,2,4,8-12,15H2/t19-,22+/m1/s1. The molecule has 1 saturated heterocycles. The van der Waals surface area contributed by atoms with Crippen molar-refractivity contribution in [1.29, 1.82) is 0 Å². The Morgan fingerprint density at radius 1 is 1.12 bits per heavy atom. The maximum Gasteiger partial charge on any atom is 0.115 e. The Morgan fingerprint density at radius 3 is 2.81 bits per heavy atom. The first kappa shape index (κ1) is 18.2. The van der Waals surface area contributed by atoms with Crippen LogP contribution in [0.4, 0.5) is 0 Å². The van der Waals surface area contributed by atoms with E-state index in [1.165, 1.54) is 43.2 Å². The number of phenolic OH excluding ortho intramolecular Hbond substituents is 1. The van der Waals surface area contributed by atoms with Crippen molar-refractivity contribution < 1.29 is 5.11 Å². The first-order chi connectivity index (χ1) is 12.6. The Labute approximate surface area is 165 Å². The first-order valence-electron chi connectivity index (χ1n) is 9.53. The molecule has 0 radical (unpaired) electrons. The third-order valence-electron chi connectivity index (χ3n) is 6.36. The second-order valence-corrected chi connectivity index (χ2v) is 8.70. The summed E-state index contributed by atoms with van der Waals surface area (Å²) in [5, 5.41) is 11.4. The molecule has 0 aromatic heterocycles. The lowest BCUT2D eigenvalue weighted by Gasteiger charge is -2.51. The molecule has 1 heterocycles. The van der Waals surface area contributed by atoms with Crippen molar-refractivity contribution in [2.45, 2.75) is 50.0 Å². The molecule has 4 rings (SSSR count). The number of hydrogen-bond acceptors (Lipinski definition) is 2. The van der Waals surface area contributed by atoms with Crippen molar-refractivity contribution in [3.63, 3.8) is 0 Å². The fourth-order valence-electron chi connectivity index (χ4n) is 4.94. The van der Waals surface area contributed by atoms with Crippen LogP contribution in [0.3, 0.4) is 0 Å². The quantitative estimate of drug-likeness (QED) is 0.710. The van der Waals surface area contributed by atoms with E-state index in [1.54, 1.807) is 6.07 Å². The van der Waals surface area contributed by atoms with Crippen molar-refractivity contribution in [2.24, 2.45) is 0 Å². The number of fused-ring (bicyclic) bond motifs is 2. The predicted octanol–water partition coefficient (Wildman–Crippen LogP) is 5.83. The van der Waals surface area contributed by atoms with E-state index in [2.05, 4.69) is 11.0 Å². The lowest BCUT2D eigenvalue weighted by molar-refractivity contribution is 0.0524. The maximum absolute atomic E-state index is 9.91. The first-order valence-corrected chi connectivity index (χ1v) is 10.3. The van der Waals surface area contributed by atoms with Gasteiger partial charge in [-0.15, -0.1) is 0 Å². The van der Waals surface area contributed by atoms with Gasteiger partial charge in [0.25, 0.3) is 0 Å². The van der Waals surface area contributed by atoms with Gasteiger partial charge in [0.1, 0.15) is 5.75 Å². The van der Waals surface area contributed by atoms with Gasteiger partial charge in [-0.25, -0.2) is 0 Å². The molecule has 0 unspecified atom stereocenters. The Bertz CT molecular complexity index is 793. The normalized spacial score (nSPS) is 26.0. The van der Waals surface area contributed by atoms with Gasteiger partial charge < -0.3 is 5.11 Å². The predicted molar refractivity (Wildman–Crippen MR) is 108 cm³/mol. The van der Waals surface area contributed by atoms with Gasteiger partial charge in [-0.05, 0) is 79.5 Å². The number of phenols is 1. The van der Waals surface area contributed by atoms with Gasteiger partial charge in [0, 0.05) is 22.6 Å². The van der Waals surface area contributed by atoms with Crippen LogP contribution in [0.2, 0.25) is 10.0 Å². The van der Waals surface area contributed by atoms with E-state index >= 15 is 0 Å². The van der Waals surface area contributed by atoms with E-state index < -0.39 is 0 Å². The molecule has 0 spiro atoms. The molecule has 0 amide bonds. The highest BCUT2D eigenvalue weighted by Gasteiger charge is 2.43. The van der Waals surface area contributed by atoms with Gasteiger partial charge in [0.15, 0.2) is 0 Å². The van der Waals surface area contributed by atoms with Gasteiger partial charge in [-0.3, -0.25) is 4.90 Å². The zero-order valence-electron chi connectivity index (χ0n) is 14.9. The monoisotopic (exact) mass is 389 g/mol. The number of piperidine rings is 1. The van der Waals surface area contributed by atoms with Crippen LogP contribution in [0.5, 0.6) is 5.75 Å². The molecule has 1 saturated carbocycles.